The van der Waals surface area contributed by atoms with Crippen LogP contribution in [0.1, 0.15) is 16.7 Å². The number of halogens is 1. The van der Waals surface area contributed by atoms with Crippen molar-refractivity contribution in [2.75, 3.05) is 0 Å². The highest BCUT2D eigenvalue weighted by atomic mass is 35.5. The van der Waals surface area contributed by atoms with Crippen molar-refractivity contribution in [2.24, 2.45) is 0 Å². The number of nitrogens with zero attached hydrogens (tertiary/aromatic N) is 2. The molecule has 0 aliphatic carbocycles. The fourth-order valence-electron chi connectivity index (χ4n) is 2.64. The van der Waals surface area contributed by atoms with E-state index in [1.807, 2.05) is 31.2 Å². The van der Waals surface area contributed by atoms with Gasteiger partial charge >= 0.3 is 11.1 Å². The third kappa shape index (κ3) is 3.35. The number of aromatic nitrogens is 2. The molecule has 0 saturated heterocycles. The number of rotatable bonds is 4. The molecular formula is C20H17ClN2O2. The molecule has 0 spiro atoms. The lowest BCUT2D eigenvalue weighted by Crippen LogP contribution is -2.40. The average molecular weight is 353 g/mol. The first-order chi connectivity index (χ1) is 12.0. The highest BCUT2D eigenvalue weighted by molar-refractivity contribution is 6.31. The standard InChI is InChI=1S/C20H17ClN2O2/c1-3-15-7-9-16(10-8-15)13-22-11-12-23(20(25)19(22)24)18-6-4-5-17(21)14(18)2/h3-12H,1,13H2,2H3. The highest BCUT2D eigenvalue weighted by Crippen LogP contribution is 2.20. The maximum Gasteiger partial charge on any atom is 0.320 e. The van der Waals surface area contributed by atoms with E-state index in [2.05, 4.69) is 6.58 Å². The summed E-state index contributed by atoms with van der Waals surface area (Å²) in [6.07, 6.45) is 4.97. The largest absolute Gasteiger partial charge is 0.320 e. The molecule has 3 aromatic rings. The molecule has 0 saturated carbocycles. The van der Waals surface area contributed by atoms with Crippen LogP contribution in [0.2, 0.25) is 5.02 Å². The van der Waals surface area contributed by atoms with Crippen molar-refractivity contribution < 1.29 is 0 Å². The van der Waals surface area contributed by atoms with E-state index >= 15 is 0 Å². The number of benzene rings is 2. The van der Waals surface area contributed by atoms with Gasteiger partial charge in [0.15, 0.2) is 0 Å². The first kappa shape index (κ1) is 17.0. The van der Waals surface area contributed by atoms with E-state index in [0.29, 0.717) is 17.3 Å². The zero-order valence-electron chi connectivity index (χ0n) is 13.8. The Hall–Kier alpha value is -2.85. The predicted octanol–water partition coefficient (Wildman–Crippen LogP) is 3.65. The van der Waals surface area contributed by atoms with Crippen LogP contribution in [-0.2, 0) is 6.54 Å². The van der Waals surface area contributed by atoms with Crippen LogP contribution in [0.3, 0.4) is 0 Å². The van der Waals surface area contributed by atoms with E-state index in [9.17, 15) is 9.59 Å². The molecule has 1 aromatic heterocycles. The molecule has 0 N–H and O–H groups in total. The molecule has 3 rings (SSSR count). The minimum atomic E-state index is -0.601. The molecule has 0 fully saturated rings. The van der Waals surface area contributed by atoms with Gasteiger partial charge < -0.3 is 4.57 Å². The minimum absolute atomic E-state index is 0.334. The third-order valence-corrected chi connectivity index (χ3v) is 4.53. The first-order valence-corrected chi connectivity index (χ1v) is 8.18. The monoisotopic (exact) mass is 352 g/mol. The number of hydrogen-bond donors (Lipinski definition) is 0. The Morgan fingerprint density at radius 1 is 1.04 bits per heavy atom. The Balaban J connectivity index is 2.00. The molecular weight excluding hydrogens is 336 g/mol. The molecule has 0 atom stereocenters. The molecule has 126 valence electrons. The second-order valence-electron chi connectivity index (χ2n) is 5.74. The van der Waals surface area contributed by atoms with Crippen LogP contribution in [0, 0.1) is 6.92 Å². The first-order valence-electron chi connectivity index (χ1n) is 7.80. The summed E-state index contributed by atoms with van der Waals surface area (Å²) in [4.78, 5) is 25.0. The number of hydrogen-bond acceptors (Lipinski definition) is 2. The Morgan fingerprint density at radius 2 is 1.76 bits per heavy atom. The summed E-state index contributed by atoms with van der Waals surface area (Å²) in [7, 11) is 0. The Labute approximate surface area is 150 Å². The molecule has 0 radical (unpaired) electrons. The third-order valence-electron chi connectivity index (χ3n) is 4.13. The van der Waals surface area contributed by atoms with Crippen molar-refractivity contribution in [2.45, 2.75) is 13.5 Å². The van der Waals surface area contributed by atoms with E-state index in [4.69, 9.17) is 11.6 Å². The van der Waals surface area contributed by atoms with Crippen LogP contribution in [0.5, 0.6) is 0 Å². The molecule has 0 amide bonds. The summed E-state index contributed by atoms with van der Waals surface area (Å²) >= 11 is 6.11. The summed E-state index contributed by atoms with van der Waals surface area (Å²) in [5.74, 6) is 0. The molecule has 2 aromatic carbocycles. The smallest absolute Gasteiger partial charge is 0.305 e. The SMILES string of the molecule is C=Cc1ccc(Cn2ccn(-c3cccc(Cl)c3C)c(=O)c2=O)cc1. The maximum atomic E-state index is 12.5. The zero-order chi connectivity index (χ0) is 18.0. The van der Waals surface area contributed by atoms with Gasteiger partial charge in [-0.3, -0.25) is 14.2 Å². The zero-order valence-corrected chi connectivity index (χ0v) is 14.5. The molecule has 25 heavy (non-hydrogen) atoms. The average Bonchev–Trinajstić information content (AvgIpc) is 2.63. The van der Waals surface area contributed by atoms with Crippen LogP contribution in [0.4, 0.5) is 0 Å². The lowest BCUT2D eigenvalue weighted by Gasteiger charge is -2.12. The van der Waals surface area contributed by atoms with E-state index in [1.165, 1.54) is 9.13 Å². The molecule has 0 aliphatic rings. The lowest BCUT2D eigenvalue weighted by molar-refractivity contribution is 0.717. The van der Waals surface area contributed by atoms with Crippen molar-refractivity contribution in [1.29, 1.82) is 0 Å². The topological polar surface area (TPSA) is 44.0 Å². The van der Waals surface area contributed by atoms with E-state index in [-0.39, 0.29) is 0 Å². The fraction of sp³-hybridized carbons (Fsp3) is 0.100. The van der Waals surface area contributed by atoms with Crippen molar-refractivity contribution in [3.05, 3.63) is 104 Å². The van der Waals surface area contributed by atoms with Gasteiger partial charge in [-0.1, -0.05) is 54.6 Å². The maximum absolute atomic E-state index is 12.5. The Bertz CT molecular complexity index is 1050. The second-order valence-corrected chi connectivity index (χ2v) is 6.14. The summed E-state index contributed by atoms with van der Waals surface area (Å²) in [5, 5.41) is 0.552. The van der Waals surface area contributed by atoms with Gasteiger partial charge in [0.25, 0.3) is 0 Å². The molecule has 1 heterocycles. The van der Waals surface area contributed by atoms with Gasteiger partial charge in [-0.2, -0.15) is 0 Å². The van der Waals surface area contributed by atoms with Crippen LogP contribution in [-0.4, -0.2) is 9.13 Å². The summed E-state index contributed by atoms with van der Waals surface area (Å²) in [5.41, 5.74) is 2.12. The van der Waals surface area contributed by atoms with Gasteiger partial charge in [0.1, 0.15) is 0 Å². The van der Waals surface area contributed by atoms with Gasteiger partial charge in [-0.25, -0.2) is 0 Å². The summed E-state index contributed by atoms with van der Waals surface area (Å²) in [6, 6.07) is 12.9. The van der Waals surface area contributed by atoms with Crippen molar-refractivity contribution >= 4 is 17.7 Å². The van der Waals surface area contributed by atoms with Crippen molar-refractivity contribution in [3.63, 3.8) is 0 Å². The van der Waals surface area contributed by atoms with Crippen molar-refractivity contribution in [1.82, 2.24) is 9.13 Å². The highest BCUT2D eigenvalue weighted by Gasteiger charge is 2.10. The van der Waals surface area contributed by atoms with E-state index in [1.54, 1.807) is 36.7 Å². The van der Waals surface area contributed by atoms with Gasteiger partial charge in [0, 0.05) is 17.4 Å². The van der Waals surface area contributed by atoms with Crippen LogP contribution in [0.25, 0.3) is 11.8 Å². The Kier molecular flexibility index (Phi) is 4.72. The predicted molar refractivity (Wildman–Crippen MR) is 102 cm³/mol. The Morgan fingerprint density at radius 3 is 2.44 bits per heavy atom. The van der Waals surface area contributed by atoms with E-state index in [0.717, 1.165) is 16.7 Å². The van der Waals surface area contributed by atoms with Gasteiger partial charge in [-0.15, -0.1) is 0 Å². The van der Waals surface area contributed by atoms with Crippen LogP contribution in [0.15, 0.2) is 71.0 Å². The quantitative estimate of drug-likeness (QED) is 0.673. The molecule has 0 unspecified atom stereocenters. The minimum Gasteiger partial charge on any atom is -0.305 e. The lowest BCUT2D eigenvalue weighted by atomic mass is 10.1. The fourth-order valence-corrected chi connectivity index (χ4v) is 2.81. The van der Waals surface area contributed by atoms with Crippen LogP contribution >= 0.6 is 11.6 Å². The van der Waals surface area contributed by atoms with Crippen molar-refractivity contribution in [3.8, 4) is 5.69 Å². The van der Waals surface area contributed by atoms with Gasteiger partial charge in [-0.05, 0) is 35.7 Å². The van der Waals surface area contributed by atoms with Gasteiger partial charge in [0.2, 0.25) is 0 Å². The second kappa shape index (κ2) is 6.95. The normalized spacial score (nSPS) is 10.6. The van der Waals surface area contributed by atoms with Crippen LogP contribution < -0.4 is 11.1 Å². The molecule has 5 heteroatoms. The van der Waals surface area contributed by atoms with E-state index < -0.39 is 11.1 Å². The summed E-state index contributed by atoms with van der Waals surface area (Å²) < 4.78 is 2.74. The molecule has 0 bridgehead atoms. The molecule has 0 aliphatic heterocycles. The van der Waals surface area contributed by atoms with Gasteiger partial charge in [0.05, 0.1) is 12.2 Å². The molecule has 4 nitrogen and oxygen atoms in total. The summed E-state index contributed by atoms with van der Waals surface area (Å²) in [6.45, 7) is 5.86.